The number of hydrogen-bond acceptors (Lipinski definition) is 3. The van der Waals surface area contributed by atoms with Gasteiger partial charge in [-0.2, -0.15) is 0 Å². The Morgan fingerprint density at radius 3 is 2.53 bits per heavy atom. The fourth-order valence-corrected chi connectivity index (χ4v) is 2.41. The molecule has 1 heterocycles. The molecule has 3 unspecified atom stereocenters. The fourth-order valence-electron chi connectivity index (χ4n) is 2.41. The molecule has 3 atom stereocenters. The summed E-state index contributed by atoms with van der Waals surface area (Å²) in [5.41, 5.74) is 0. The van der Waals surface area contributed by atoms with Crippen LogP contribution in [-0.4, -0.2) is 48.3 Å². The molecule has 15 heavy (non-hydrogen) atoms. The molecule has 0 amide bonds. The minimum atomic E-state index is 0.257. The van der Waals surface area contributed by atoms with Gasteiger partial charge in [0.2, 0.25) is 0 Å². The molecule has 1 fully saturated rings. The van der Waals surface area contributed by atoms with E-state index in [0.717, 1.165) is 13.0 Å². The quantitative estimate of drug-likeness (QED) is 0.719. The van der Waals surface area contributed by atoms with Crippen LogP contribution >= 0.6 is 0 Å². The van der Waals surface area contributed by atoms with Gasteiger partial charge >= 0.3 is 0 Å². The minimum Gasteiger partial charge on any atom is -0.395 e. The Labute approximate surface area is 93.9 Å². The molecule has 0 saturated carbocycles. The Bertz CT molecular complexity index is 172. The first-order valence-electron chi connectivity index (χ1n) is 6.10. The van der Waals surface area contributed by atoms with Crippen molar-refractivity contribution < 1.29 is 5.11 Å². The lowest BCUT2D eigenvalue weighted by Crippen LogP contribution is -2.42. The molecular weight excluding hydrogens is 188 g/mol. The summed E-state index contributed by atoms with van der Waals surface area (Å²) in [5, 5.41) is 12.9. The summed E-state index contributed by atoms with van der Waals surface area (Å²) in [7, 11) is 2.17. The van der Waals surface area contributed by atoms with Gasteiger partial charge in [-0.1, -0.05) is 13.8 Å². The summed E-state index contributed by atoms with van der Waals surface area (Å²) in [4.78, 5) is 2.38. The predicted molar refractivity (Wildman–Crippen MR) is 64.0 cm³/mol. The molecule has 0 aromatic rings. The molecule has 0 aliphatic carbocycles. The second-order valence-corrected chi connectivity index (χ2v) is 5.40. The van der Waals surface area contributed by atoms with Crippen LogP contribution in [0.25, 0.3) is 0 Å². The Kier molecular flexibility index (Phi) is 5.03. The van der Waals surface area contributed by atoms with Crippen molar-refractivity contribution in [3.05, 3.63) is 0 Å². The zero-order valence-electron chi connectivity index (χ0n) is 10.5. The van der Waals surface area contributed by atoms with E-state index in [4.69, 9.17) is 0 Å². The van der Waals surface area contributed by atoms with Crippen molar-refractivity contribution in [3.8, 4) is 0 Å². The molecule has 3 heteroatoms. The van der Waals surface area contributed by atoms with Crippen LogP contribution in [0.3, 0.4) is 0 Å². The van der Waals surface area contributed by atoms with Crippen molar-refractivity contribution in [1.29, 1.82) is 0 Å². The number of nitrogens with zero attached hydrogens (tertiary/aromatic N) is 1. The van der Waals surface area contributed by atoms with E-state index in [2.05, 4.69) is 38.0 Å². The molecule has 0 aromatic heterocycles. The molecule has 1 saturated heterocycles. The fraction of sp³-hybridized carbons (Fsp3) is 1.00. The van der Waals surface area contributed by atoms with E-state index in [-0.39, 0.29) is 12.6 Å². The Balaban J connectivity index is 2.33. The molecule has 0 radical (unpaired) electrons. The van der Waals surface area contributed by atoms with Crippen molar-refractivity contribution in [2.75, 3.05) is 20.2 Å². The van der Waals surface area contributed by atoms with Gasteiger partial charge in [0.25, 0.3) is 0 Å². The van der Waals surface area contributed by atoms with E-state index in [1.807, 2.05) is 0 Å². The molecular formula is C12H26N2O. The number of likely N-dealkylation sites (tertiary alicyclic amines) is 1. The molecule has 0 aromatic carbocycles. The summed E-state index contributed by atoms with van der Waals surface area (Å²) >= 11 is 0. The summed E-state index contributed by atoms with van der Waals surface area (Å²) in [6, 6.07) is 1.50. The van der Waals surface area contributed by atoms with Gasteiger partial charge in [-0.25, -0.2) is 0 Å². The normalized spacial score (nSPS) is 30.0. The van der Waals surface area contributed by atoms with E-state index in [9.17, 15) is 5.11 Å². The lowest BCUT2D eigenvalue weighted by Gasteiger charge is -2.22. The third-order valence-corrected chi connectivity index (χ3v) is 3.33. The average molecular weight is 214 g/mol. The molecule has 1 aliphatic rings. The standard InChI is InChI=1S/C12H26N2O/c1-9(2)5-12(8-15)13-11-6-10(3)14(4)7-11/h9-13,15H,5-8H2,1-4H3. The zero-order chi connectivity index (χ0) is 11.4. The first-order chi connectivity index (χ1) is 7.02. The number of aliphatic hydroxyl groups is 1. The summed E-state index contributed by atoms with van der Waals surface area (Å²) < 4.78 is 0. The highest BCUT2D eigenvalue weighted by Gasteiger charge is 2.27. The van der Waals surface area contributed by atoms with Crippen LogP contribution in [0.4, 0.5) is 0 Å². The highest BCUT2D eigenvalue weighted by atomic mass is 16.3. The Hall–Kier alpha value is -0.120. The van der Waals surface area contributed by atoms with E-state index < -0.39 is 0 Å². The van der Waals surface area contributed by atoms with Crippen molar-refractivity contribution in [2.24, 2.45) is 5.92 Å². The lowest BCUT2D eigenvalue weighted by atomic mass is 10.0. The third kappa shape index (κ3) is 4.09. The molecule has 90 valence electrons. The molecule has 1 rings (SSSR count). The Morgan fingerprint density at radius 2 is 2.13 bits per heavy atom. The van der Waals surface area contributed by atoms with Gasteiger partial charge in [-0.05, 0) is 32.7 Å². The zero-order valence-corrected chi connectivity index (χ0v) is 10.5. The van der Waals surface area contributed by atoms with Crippen LogP contribution < -0.4 is 5.32 Å². The number of rotatable bonds is 5. The predicted octanol–water partition coefficient (Wildman–Crippen LogP) is 1.08. The molecule has 3 nitrogen and oxygen atoms in total. The monoisotopic (exact) mass is 214 g/mol. The van der Waals surface area contributed by atoms with E-state index in [1.165, 1.54) is 6.42 Å². The first-order valence-corrected chi connectivity index (χ1v) is 6.10. The van der Waals surface area contributed by atoms with Gasteiger partial charge in [0.1, 0.15) is 0 Å². The third-order valence-electron chi connectivity index (χ3n) is 3.33. The second kappa shape index (κ2) is 5.83. The Morgan fingerprint density at radius 1 is 1.47 bits per heavy atom. The number of aliphatic hydroxyl groups excluding tert-OH is 1. The van der Waals surface area contributed by atoms with Crippen molar-refractivity contribution in [3.63, 3.8) is 0 Å². The van der Waals surface area contributed by atoms with Gasteiger partial charge in [-0.3, -0.25) is 0 Å². The van der Waals surface area contributed by atoms with Gasteiger partial charge < -0.3 is 15.3 Å². The topological polar surface area (TPSA) is 35.5 Å². The SMILES string of the molecule is CC(C)CC(CO)NC1CC(C)N(C)C1. The van der Waals surface area contributed by atoms with Crippen LogP contribution in [0.5, 0.6) is 0 Å². The maximum absolute atomic E-state index is 9.29. The van der Waals surface area contributed by atoms with Crippen LogP contribution in [0.15, 0.2) is 0 Å². The van der Waals surface area contributed by atoms with Crippen molar-refractivity contribution >= 4 is 0 Å². The first kappa shape index (κ1) is 12.9. The summed E-state index contributed by atoms with van der Waals surface area (Å²) in [5.74, 6) is 0.645. The molecule has 1 aliphatic heterocycles. The maximum atomic E-state index is 9.29. The van der Waals surface area contributed by atoms with E-state index in [1.54, 1.807) is 0 Å². The van der Waals surface area contributed by atoms with Gasteiger partial charge in [0.05, 0.1) is 6.61 Å². The van der Waals surface area contributed by atoms with Gasteiger partial charge in [0.15, 0.2) is 0 Å². The highest BCUT2D eigenvalue weighted by Crippen LogP contribution is 2.16. The van der Waals surface area contributed by atoms with Crippen LogP contribution in [0.2, 0.25) is 0 Å². The van der Waals surface area contributed by atoms with Crippen molar-refractivity contribution in [2.45, 2.75) is 51.7 Å². The van der Waals surface area contributed by atoms with Gasteiger partial charge in [-0.15, -0.1) is 0 Å². The van der Waals surface area contributed by atoms with Crippen LogP contribution in [0, 0.1) is 5.92 Å². The molecule has 2 N–H and O–H groups in total. The summed E-state index contributed by atoms with van der Waals surface area (Å²) in [6.07, 6.45) is 2.26. The number of nitrogens with one attached hydrogen (secondary N) is 1. The largest absolute Gasteiger partial charge is 0.395 e. The minimum absolute atomic E-state index is 0.257. The maximum Gasteiger partial charge on any atom is 0.0584 e. The van der Waals surface area contributed by atoms with Crippen LogP contribution in [-0.2, 0) is 0 Å². The van der Waals surface area contributed by atoms with E-state index in [0.29, 0.717) is 18.0 Å². The number of hydrogen-bond donors (Lipinski definition) is 2. The molecule has 0 spiro atoms. The second-order valence-electron chi connectivity index (χ2n) is 5.40. The van der Waals surface area contributed by atoms with Gasteiger partial charge in [0, 0.05) is 24.7 Å². The lowest BCUT2D eigenvalue weighted by molar-refractivity contribution is 0.212. The highest BCUT2D eigenvalue weighted by molar-refractivity contribution is 4.87. The summed E-state index contributed by atoms with van der Waals surface area (Å²) in [6.45, 7) is 8.03. The van der Waals surface area contributed by atoms with Crippen LogP contribution in [0.1, 0.15) is 33.6 Å². The number of likely N-dealkylation sites (N-methyl/N-ethyl adjacent to an activating group) is 1. The average Bonchev–Trinajstić information content (AvgIpc) is 2.44. The van der Waals surface area contributed by atoms with Crippen molar-refractivity contribution in [1.82, 2.24) is 10.2 Å². The molecule has 0 bridgehead atoms. The van der Waals surface area contributed by atoms with E-state index >= 15 is 0 Å². The smallest absolute Gasteiger partial charge is 0.0584 e.